The summed E-state index contributed by atoms with van der Waals surface area (Å²) in [5.74, 6) is 0.818. The van der Waals surface area contributed by atoms with Gasteiger partial charge in [-0.1, -0.05) is 23.7 Å². The van der Waals surface area contributed by atoms with E-state index in [1.54, 1.807) is 7.05 Å². The van der Waals surface area contributed by atoms with E-state index in [0.29, 0.717) is 6.54 Å². The Labute approximate surface area is 120 Å². The molecule has 0 saturated heterocycles. The first-order chi connectivity index (χ1) is 9.11. The van der Waals surface area contributed by atoms with Gasteiger partial charge in [-0.05, 0) is 44.8 Å². The maximum Gasteiger partial charge on any atom is 0.191 e. The second-order valence-electron chi connectivity index (χ2n) is 4.64. The molecule has 2 N–H and O–H groups in total. The van der Waals surface area contributed by atoms with Crippen LogP contribution in [0.15, 0.2) is 29.3 Å². The highest BCUT2D eigenvalue weighted by Gasteiger charge is 1.99. The highest BCUT2D eigenvalue weighted by Crippen LogP contribution is 2.10. The first-order valence-electron chi connectivity index (χ1n) is 6.45. The van der Waals surface area contributed by atoms with Crippen molar-refractivity contribution in [3.63, 3.8) is 0 Å². The summed E-state index contributed by atoms with van der Waals surface area (Å²) >= 11 is 5.95. The molecule has 0 radical (unpaired) electrons. The summed E-state index contributed by atoms with van der Waals surface area (Å²) in [5, 5.41) is 7.31. The van der Waals surface area contributed by atoms with Crippen LogP contribution in [0.25, 0.3) is 0 Å². The van der Waals surface area contributed by atoms with Gasteiger partial charge in [0.15, 0.2) is 5.96 Å². The highest BCUT2D eigenvalue weighted by atomic mass is 35.5. The van der Waals surface area contributed by atoms with Gasteiger partial charge in [-0.15, -0.1) is 0 Å². The van der Waals surface area contributed by atoms with Gasteiger partial charge in [0.1, 0.15) is 0 Å². The minimum atomic E-state index is 0.716. The van der Waals surface area contributed by atoms with Crippen molar-refractivity contribution < 1.29 is 0 Å². The van der Waals surface area contributed by atoms with Crippen molar-refractivity contribution in [2.75, 3.05) is 34.2 Å². The van der Waals surface area contributed by atoms with Crippen molar-refractivity contribution in [3.05, 3.63) is 34.9 Å². The van der Waals surface area contributed by atoms with Crippen LogP contribution in [-0.4, -0.2) is 45.1 Å². The van der Waals surface area contributed by atoms with Gasteiger partial charge < -0.3 is 15.5 Å². The molecule has 106 valence electrons. The zero-order valence-corrected chi connectivity index (χ0v) is 12.7. The molecular weight excluding hydrogens is 260 g/mol. The summed E-state index contributed by atoms with van der Waals surface area (Å²) in [4.78, 5) is 6.36. The number of hydrogen-bond acceptors (Lipinski definition) is 2. The first kappa shape index (κ1) is 15.8. The first-order valence-corrected chi connectivity index (χ1v) is 6.83. The van der Waals surface area contributed by atoms with Gasteiger partial charge in [0.25, 0.3) is 0 Å². The number of rotatable bonds is 6. The molecule has 4 nitrogen and oxygen atoms in total. The molecule has 0 aromatic heterocycles. The smallest absolute Gasteiger partial charge is 0.191 e. The molecule has 5 heteroatoms. The fraction of sp³-hybridized carbons (Fsp3) is 0.500. The number of aliphatic imine (C=N–C) groups is 1. The Morgan fingerprint density at radius 2 is 2.11 bits per heavy atom. The second-order valence-corrected chi connectivity index (χ2v) is 5.08. The molecule has 0 aliphatic rings. The topological polar surface area (TPSA) is 39.7 Å². The number of benzene rings is 1. The van der Waals surface area contributed by atoms with Crippen LogP contribution < -0.4 is 10.6 Å². The highest BCUT2D eigenvalue weighted by molar-refractivity contribution is 6.30. The Kier molecular flexibility index (Phi) is 7.30. The Morgan fingerprint density at radius 1 is 1.32 bits per heavy atom. The van der Waals surface area contributed by atoms with E-state index >= 15 is 0 Å². The molecule has 1 aromatic carbocycles. The van der Waals surface area contributed by atoms with E-state index in [0.717, 1.165) is 36.1 Å². The molecule has 19 heavy (non-hydrogen) atoms. The Balaban J connectivity index is 2.29. The number of hydrogen-bond donors (Lipinski definition) is 2. The van der Waals surface area contributed by atoms with Crippen molar-refractivity contribution in [2.45, 2.75) is 13.0 Å². The summed E-state index contributed by atoms with van der Waals surface area (Å²) in [6, 6.07) is 7.82. The van der Waals surface area contributed by atoms with Crippen LogP contribution in [0, 0.1) is 0 Å². The average molecular weight is 283 g/mol. The third-order valence-corrected chi connectivity index (χ3v) is 2.88. The molecule has 1 rings (SSSR count). The second kappa shape index (κ2) is 8.77. The van der Waals surface area contributed by atoms with Crippen molar-refractivity contribution in [1.29, 1.82) is 0 Å². The van der Waals surface area contributed by atoms with Crippen LogP contribution in [0.4, 0.5) is 0 Å². The standard InChI is InChI=1S/C14H23ClN4/c1-16-14(17-8-5-9-19(2)3)18-11-12-6-4-7-13(15)10-12/h4,6-7,10H,5,8-9,11H2,1-3H3,(H2,16,17,18). The normalized spacial score (nSPS) is 11.7. The van der Waals surface area contributed by atoms with E-state index in [1.165, 1.54) is 0 Å². The van der Waals surface area contributed by atoms with Gasteiger partial charge in [-0.3, -0.25) is 4.99 Å². The predicted octanol–water partition coefficient (Wildman–Crippen LogP) is 1.96. The summed E-state index contributed by atoms with van der Waals surface area (Å²) in [5.41, 5.74) is 1.14. The number of halogens is 1. The van der Waals surface area contributed by atoms with E-state index in [2.05, 4.69) is 34.6 Å². The molecule has 0 unspecified atom stereocenters. The summed E-state index contributed by atoms with van der Waals surface area (Å²) in [6.45, 7) is 2.69. The molecule has 0 spiro atoms. The van der Waals surface area contributed by atoms with Gasteiger partial charge >= 0.3 is 0 Å². The quantitative estimate of drug-likeness (QED) is 0.476. The van der Waals surface area contributed by atoms with Crippen LogP contribution in [0.5, 0.6) is 0 Å². The van der Waals surface area contributed by atoms with Crippen LogP contribution in [0.2, 0.25) is 5.02 Å². The number of nitrogens with one attached hydrogen (secondary N) is 2. The molecule has 0 atom stereocenters. The van der Waals surface area contributed by atoms with Gasteiger partial charge in [0, 0.05) is 25.2 Å². The molecule has 0 bridgehead atoms. The molecule has 0 heterocycles. The van der Waals surface area contributed by atoms with E-state index in [9.17, 15) is 0 Å². The zero-order valence-electron chi connectivity index (χ0n) is 11.9. The molecule has 0 saturated carbocycles. The lowest BCUT2D eigenvalue weighted by Crippen LogP contribution is -2.38. The Morgan fingerprint density at radius 3 is 2.74 bits per heavy atom. The van der Waals surface area contributed by atoms with E-state index < -0.39 is 0 Å². The fourth-order valence-electron chi connectivity index (χ4n) is 1.66. The van der Waals surface area contributed by atoms with Crippen LogP contribution in [0.3, 0.4) is 0 Å². The Bertz CT molecular complexity index is 404. The van der Waals surface area contributed by atoms with Crippen molar-refractivity contribution >= 4 is 17.6 Å². The van der Waals surface area contributed by atoms with Gasteiger partial charge in [-0.2, -0.15) is 0 Å². The van der Waals surface area contributed by atoms with Gasteiger partial charge in [0.05, 0.1) is 0 Å². The zero-order chi connectivity index (χ0) is 14.1. The molecule has 0 aliphatic carbocycles. The molecule has 0 aliphatic heterocycles. The maximum absolute atomic E-state index is 5.95. The number of guanidine groups is 1. The molecule has 0 fully saturated rings. The predicted molar refractivity (Wildman–Crippen MR) is 82.8 cm³/mol. The summed E-state index contributed by atoms with van der Waals surface area (Å²) in [7, 11) is 5.93. The third kappa shape index (κ3) is 7.03. The minimum Gasteiger partial charge on any atom is -0.356 e. The van der Waals surface area contributed by atoms with E-state index in [4.69, 9.17) is 11.6 Å². The maximum atomic E-state index is 5.95. The van der Waals surface area contributed by atoms with Crippen LogP contribution >= 0.6 is 11.6 Å². The lowest BCUT2D eigenvalue weighted by atomic mass is 10.2. The lowest BCUT2D eigenvalue weighted by molar-refractivity contribution is 0.399. The van der Waals surface area contributed by atoms with Crippen LogP contribution in [-0.2, 0) is 6.54 Å². The lowest BCUT2D eigenvalue weighted by Gasteiger charge is -2.13. The fourth-order valence-corrected chi connectivity index (χ4v) is 1.87. The average Bonchev–Trinajstić information content (AvgIpc) is 2.37. The van der Waals surface area contributed by atoms with E-state index in [1.807, 2.05) is 24.3 Å². The summed E-state index contributed by atoms with van der Waals surface area (Å²) < 4.78 is 0. The van der Waals surface area contributed by atoms with Gasteiger partial charge in [0.2, 0.25) is 0 Å². The molecule has 0 amide bonds. The Hall–Kier alpha value is -1.26. The molecule has 1 aromatic rings. The SMILES string of the molecule is CN=C(NCCCN(C)C)NCc1cccc(Cl)c1. The number of nitrogens with zero attached hydrogens (tertiary/aromatic N) is 2. The van der Waals surface area contributed by atoms with Crippen molar-refractivity contribution in [1.82, 2.24) is 15.5 Å². The largest absolute Gasteiger partial charge is 0.356 e. The summed E-state index contributed by atoms with van der Waals surface area (Å²) in [6.07, 6.45) is 1.09. The molecular formula is C14H23ClN4. The van der Waals surface area contributed by atoms with Crippen LogP contribution in [0.1, 0.15) is 12.0 Å². The minimum absolute atomic E-state index is 0.716. The van der Waals surface area contributed by atoms with E-state index in [-0.39, 0.29) is 0 Å². The third-order valence-electron chi connectivity index (χ3n) is 2.65. The monoisotopic (exact) mass is 282 g/mol. The van der Waals surface area contributed by atoms with Gasteiger partial charge in [-0.25, -0.2) is 0 Å². The van der Waals surface area contributed by atoms with Crippen molar-refractivity contribution in [3.8, 4) is 0 Å². The van der Waals surface area contributed by atoms with Crippen molar-refractivity contribution in [2.24, 2.45) is 4.99 Å².